The third-order valence-corrected chi connectivity index (χ3v) is 3.41. The SMILES string of the molecule is COc1ccc(O)c(C(=O)NC2CCNC(C)C2)c1. The summed E-state index contributed by atoms with van der Waals surface area (Å²) in [6.45, 7) is 3.00. The van der Waals surface area contributed by atoms with E-state index in [0.717, 1.165) is 19.4 Å². The van der Waals surface area contributed by atoms with Crippen LogP contribution in [-0.4, -0.2) is 36.8 Å². The highest BCUT2D eigenvalue weighted by Crippen LogP contribution is 2.23. The van der Waals surface area contributed by atoms with E-state index in [2.05, 4.69) is 17.6 Å². The molecule has 104 valence electrons. The number of rotatable bonds is 3. The van der Waals surface area contributed by atoms with Gasteiger partial charge >= 0.3 is 0 Å². The molecular formula is C14H20N2O3. The summed E-state index contributed by atoms with van der Waals surface area (Å²) in [5.41, 5.74) is 0.255. The number of phenols is 1. The number of aromatic hydroxyl groups is 1. The zero-order valence-corrected chi connectivity index (χ0v) is 11.3. The Morgan fingerprint density at radius 2 is 2.32 bits per heavy atom. The predicted octanol–water partition coefficient (Wildman–Crippen LogP) is 1.27. The first kappa shape index (κ1) is 13.7. The molecule has 0 spiro atoms. The van der Waals surface area contributed by atoms with Gasteiger partial charge in [-0.3, -0.25) is 4.79 Å². The second kappa shape index (κ2) is 5.93. The van der Waals surface area contributed by atoms with Gasteiger partial charge < -0.3 is 20.5 Å². The molecule has 2 atom stereocenters. The van der Waals surface area contributed by atoms with Gasteiger partial charge in [0, 0.05) is 12.1 Å². The number of piperidine rings is 1. The predicted molar refractivity (Wildman–Crippen MR) is 72.6 cm³/mol. The monoisotopic (exact) mass is 264 g/mol. The largest absolute Gasteiger partial charge is 0.507 e. The Kier molecular flexibility index (Phi) is 4.27. The van der Waals surface area contributed by atoms with Crippen molar-refractivity contribution < 1.29 is 14.6 Å². The van der Waals surface area contributed by atoms with Crippen LogP contribution in [-0.2, 0) is 0 Å². The molecular weight excluding hydrogens is 244 g/mol. The first-order chi connectivity index (χ1) is 9.10. The van der Waals surface area contributed by atoms with E-state index in [0.29, 0.717) is 11.8 Å². The molecule has 1 amide bonds. The fraction of sp³-hybridized carbons (Fsp3) is 0.500. The lowest BCUT2D eigenvalue weighted by Gasteiger charge is -2.28. The minimum Gasteiger partial charge on any atom is -0.507 e. The van der Waals surface area contributed by atoms with E-state index in [4.69, 9.17) is 4.74 Å². The van der Waals surface area contributed by atoms with Crippen LogP contribution in [0.5, 0.6) is 11.5 Å². The van der Waals surface area contributed by atoms with E-state index in [1.165, 1.54) is 13.2 Å². The second-order valence-corrected chi connectivity index (χ2v) is 4.93. The Balaban J connectivity index is 2.06. The number of carbonyl (C=O) groups excluding carboxylic acids is 1. The summed E-state index contributed by atoms with van der Waals surface area (Å²) in [6, 6.07) is 5.19. The van der Waals surface area contributed by atoms with Crippen LogP contribution in [0.2, 0.25) is 0 Å². The standard InChI is InChI=1S/C14H20N2O3/c1-9-7-10(5-6-15-9)16-14(18)12-8-11(19-2)3-4-13(12)17/h3-4,8-10,15,17H,5-7H2,1-2H3,(H,16,18). The van der Waals surface area contributed by atoms with Gasteiger partial charge in [0.1, 0.15) is 11.5 Å². The van der Waals surface area contributed by atoms with Gasteiger partial charge in [0.05, 0.1) is 12.7 Å². The highest BCUT2D eigenvalue weighted by molar-refractivity contribution is 5.97. The van der Waals surface area contributed by atoms with Crippen molar-refractivity contribution in [3.8, 4) is 11.5 Å². The number of ether oxygens (including phenoxy) is 1. The summed E-state index contributed by atoms with van der Waals surface area (Å²) in [5.74, 6) is 0.275. The first-order valence-electron chi connectivity index (χ1n) is 6.51. The van der Waals surface area contributed by atoms with Crippen molar-refractivity contribution in [1.29, 1.82) is 0 Å². The van der Waals surface area contributed by atoms with Crippen molar-refractivity contribution in [3.63, 3.8) is 0 Å². The Labute approximate surface area is 113 Å². The van der Waals surface area contributed by atoms with E-state index in [9.17, 15) is 9.90 Å². The molecule has 3 N–H and O–H groups in total. The number of hydrogen-bond acceptors (Lipinski definition) is 4. The van der Waals surface area contributed by atoms with Crippen molar-refractivity contribution in [3.05, 3.63) is 23.8 Å². The summed E-state index contributed by atoms with van der Waals surface area (Å²) in [6.07, 6.45) is 1.80. The molecule has 2 rings (SSSR count). The van der Waals surface area contributed by atoms with Crippen LogP contribution in [0.25, 0.3) is 0 Å². The molecule has 0 radical (unpaired) electrons. The Hall–Kier alpha value is -1.75. The van der Waals surface area contributed by atoms with Crippen LogP contribution in [0.15, 0.2) is 18.2 Å². The van der Waals surface area contributed by atoms with Crippen LogP contribution in [0.4, 0.5) is 0 Å². The van der Waals surface area contributed by atoms with Gasteiger partial charge in [0.25, 0.3) is 5.91 Å². The molecule has 2 unspecified atom stereocenters. The van der Waals surface area contributed by atoms with Crippen molar-refractivity contribution >= 4 is 5.91 Å². The average Bonchev–Trinajstić information content (AvgIpc) is 2.39. The molecule has 19 heavy (non-hydrogen) atoms. The Morgan fingerprint density at radius 3 is 3.00 bits per heavy atom. The maximum atomic E-state index is 12.2. The molecule has 1 fully saturated rings. The third kappa shape index (κ3) is 3.38. The van der Waals surface area contributed by atoms with Gasteiger partial charge in [0.15, 0.2) is 0 Å². The maximum Gasteiger partial charge on any atom is 0.255 e. The van der Waals surface area contributed by atoms with E-state index < -0.39 is 0 Å². The van der Waals surface area contributed by atoms with Crippen LogP contribution < -0.4 is 15.4 Å². The number of amides is 1. The fourth-order valence-corrected chi connectivity index (χ4v) is 2.35. The smallest absolute Gasteiger partial charge is 0.255 e. The molecule has 0 saturated carbocycles. The maximum absolute atomic E-state index is 12.2. The normalized spacial score (nSPS) is 22.8. The molecule has 1 aromatic rings. The van der Waals surface area contributed by atoms with E-state index in [1.807, 2.05) is 0 Å². The first-order valence-corrected chi connectivity index (χ1v) is 6.51. The van der Waals surface area contributed by atoms with Crippen LogP contribution in [0.3, 0.4) is 0 Å². The van der Waals surface area contributed by atoms with Gasteiger partial charge in [-0.05, 0) is 44.5 Å². The molecule has 1 saturated heterocycles. The van der Waals surface area contributed by atoms with Gasteiger partial charge in [-0.2, -0.15) is 0 Å². The molecule has 0 bridgehead atoms. The highest BCUT2D eigenvalue weighted by atomic mass is 16.5. The lowest BCUT2D eigenvalue weighted by atomic mass is 10.00. The molecule has 5 nitrogen and oxygen atoms in total. The van der Waals surface area contributed by atoms with Crippen molar-refractivity contribution in [1.82, 2.24) is 10.6 Å². The highest BCUT2D eigenvalue weighted by Gasteiger charge is 2.21. The fourth-order valence-electron chi connectivity index (χ4n) is 2.35. The number of methoxy groups -OCH3 is 1. The minimum atomic E-state index is -0.254. The molecule has 0 aromatic heterocycles. The van der Waals surface area contributed by atoms with Crippen molar-refractivity contribution in [2.45, 2.75) is 31.8 Å². The summed E-state index contributed by atoms with van der Waals surface area (Å²) < 4.78 is 5.07. The van der Waals surface area contributed by atoms with Gasteiger partial charge in [-0.25, -0.2) is 0 Å². The molecule has 1 aromatic carbocycles. The van der Waals surface area contributed by atoms with Crippen LogP contribution >= 0.6 is 0 Å². The summed E-state index contributed by atoms with van der Waals surface area (Å²) in [7, 11) is 1.53. The van der Waals surface area contributed by atoms with Crippen molar-refractivity contribution in [2.24, 2.45) is 0 Å². The quantitative estimate of drug-likeness (QED) is 0.769. The van der Waals surface area contributed by atoms with Gasteiger partial charge in [-0.1, -0.05) is 0 Å². The summed E-state index contributed by atoms with van der Waals surface area (Å²) >= 11 is 0. The van der Waals surface area contributed by atoms with Crippen molar-refractivity contribution in [2.75, 3.05) is 13.7 Å². The number of benzene rings is 1. The molecule has 5 heteroatoms. The number of nitrogens with one attached hydrogen (secondary N) is 2. The van der Waals surface area contributed by atoms with Gasteiger partial charge in [-0.15, -0.1) is 0 Å². The average molecular weight is 264 g/mol. The van der Waals surface area contributed by atoms with Crippen LogP contribution in [0.1, 0.15) is 30.1 Å². The lowest BCUT2D eigenvalue weighted by Crippen LogP contribution is -2.46. The Morgan fingerprint density at radius 1 is 1.53 bits per heavy atom. The van der Waals surface area contributed by atoms with Gasteiger partial charge in [0.2, 0.25) is 0 Å². The zero-order valence-electron chi connectivity index (χ0n) is 11.3. The lowest BCUT2D eigenvalue weighted by molar-refractivity contribution is 0.0922. The molecule has 1 aliphatic rings. The third-order valence-electron chi connectivity index (χ3n) is 3.41. The number of hydrogen-bond donors (Lipinski definition) is 3. The Bertz CT molecular complexity index is 462. The van der Waals surface area contributed by atoms with E-state index in [-0.39, 0.29) is 23.3 Å². The molecule has 0 aliphatic carbocycles. The van der Waals surface area contributed by atoms with Crippen LogP contribution in [0, 0.1) is 0 Å². The zero-order chi connectivity index (χ0) is 13.8. The van der Waals surface area contributed by atoms with E-state index in [1.54, 1.807) is 12.1 Å². The minimum absolute atomic E-state index is 0.0275. The number of carbonyl (C=O) groups is 1. The molecule has 1 heterocycles. The summed E-state index contributed by atoms with van der Waals surface area (Å²) in [4.78, 5) is 12.2. The van der Waals surface area contributed by atoms with E-state index >= 15 is 0 Å². The molecule has 1 aliphatic heterocycles. The number of phenolic OH excluding ortho intramolecular Hbond substituents is 1. The summed E-state index contributed by atoms with van der Waals surface area (Å²) in [5, 5.41) is 16.1. The topological polar surface area (TPSA) is 70.6 Å². The second-order valence-electron chi connectivity index (χ2n) is 4.93.